The predicted molar refractivity (Wildman–Crippen MR) is 114 cm³/mol. The molecule has 156 valence electrons. The summed E-state index contributed by atoms with van der Waals surface area (Å²) in [6.07, 6.45) is 0. The fourth-order valence-corrected chi connectivity index (χ4v) is 3.76. The van der Waals surface area contributed by atoms with Crippen molar-refractivity contribution in [3.05, 3.63) is 83.9 Å². The molecule has 0 atom stereocenters. The Bertz CT molecular complexity index is 1110. The van der Waals surface area contributed by atoms with Crippen molar-refractivity contribution >= 4 is 21.6 Å². The molecule has 0 bridgehead atoms. The first kappa shape index (κ1) is 21.4. The fraction of sp³-hybridized carbons (Fsp3) is 0.136. The van der Waals surface area contributed by atoms with Gasteiger partial charge in [0.2, 0.25) is 0 Å². The summed E-state index contributed by atoms with van der Waals surface area (Å²) in [5.74, 6) is 0.260. The van der Waals surface area contributed by atoms with E-state index in [0.29, 0.717) is 17.1 Å². The van der Waals surface area contributed by atoms with Crippen LogP contribution in [0.3, 0.4) is 0 Å². The van der Waals surface area contributed by atoms with Crippen LogP contribution >= 0.6 is 0 Å². The first-order valence-corrected chi connectivity index (χ1v) is 10.5. The minimum atomic E-state index is -4.04. The van der Waals surface area contributed by atoms with Gasteiger partial charge in [0.15, 0.2) is 0 Å². The van der Waals surface area contributed by atoms with E-state index in [2.05, 4.69) is 4.83 Å². The lowest BCUT2D eigenvalue weighted by molar-refractivity contribution is 0.0981. The zero-order valence-corrected chi connectivity index (χ0v) is 17.6. The summed E-state index contributed by atoms with van der Waals surface area (Å²) >= 11 is 0. The quantitative estimate of drug-likeness (QED) is 0.584. The molecule has 30 heavy (non-hydrogen) atoms. The maximum absolute atomic E-state index is 13.2. The molecule has 0 aliphatic heterocycles. The van der Waals surface area contributed by atoms with Crippen LogP contribution in [0.25, 0.3) is 0 Å². The third kappa shape index (κ3) is 4.79. The van der Waals surface area contributed by atoms with E-state index < -0.39 is 15.9 Å². The van der Waals surface area contributed by atoms with Crippen molar-refractivity contribution in [2.24, 2.45) is 0 Å². The van der Waals surface area contributed by atoms with Gasteiger partial charge in [-0.25, -0.2) is 13.4 Å². The van der Waals surface area contributed by atoms with Crippen LogP contribution in [0.5, 0.6) is 11.5 Å². The number of rotatable bonds is 7. The summed E-state index contributed by atoms with van der Waals surface area (Å²) in [7, 11) is -1.10. The average Bonchev–Trinajstić information content (AvgIpc) is 2.77. The molecular formula is C22H22N2O5S. The van der Waals surface area contributed by atoms with Crippen molar-refractivity contribution in [1.29, 1.82) is 0 Å². The number of amides is 1. The van der Waals surface area contributed by atoms with Crippen LogP contribution in [-0.2, 0) is 10.0 Å². The topological polar surface area (TPSA) is 84.9 Å². The second-order valence-electron chi connectivity index (χ2n) is 6.49. The molecule has 0 unspecified atom stereocenters. The Hall–Kier alpha value is -3.36. The monoisotopic (exact) mass is 426 g/mol. The zero-order valence-electron chi connectivity index (χ0n) is 16.8. The van der Waals surface area contributed by atoms with Crippen LogP contribution in [0, 0.1) is 6.92 Å². The molecule has 0 heterocycles. The number of ether oxygens (including phenoxy) is 2. The highest BCUT2D eigenvalue weighted by atomic mass is 32.2. The molecular weight excluding hydrogens is 404 g/mol. The van der Waals surface area contributed by atoms with E-state index in [1.54, 1.807) is 60.7 Å². The second-order valence-corrected chi connectivity index (χ2v) is 8.15. The molecule has 0 saturated carbocycles. The number of carbonyl (C=O) groups is 1. The molecule has 8 heteroatoms. The van der Waals surface area contributed by atoms with Gasteiger partial charge >= 0.3 is 0 Å². The van der Waals surface area contributed by atoms with Crippen LogP contribution in [0.1, 0.15) is 15.9 Å². The Morgan fingerprint density at radius 1 is 0.867 bits per heavy atom. The Morgan fingerprint density at radius 3 is 1.97 bits per heavy atom. The summed E-state index contributed by atoms with van der Waals surface area (Å²) < 4.78 is 36.5. The van der Waals surface area contributed by atoms with Gasteiger partial charge in [-0.05, 0) is 31.2 Å². The molecule has 0 aromatic heterocycles. The number of hydrogen-bond acceptors (Lipinski definition) is 5. The number of methoxy groups -OCH3 is 2. The van der Waals surface area contributed by atoms with Gasteiger partial charge in [-0.15, -0.1) is 4.83 Å². The van der Waals surface area contributed by atoms with Gasteiger partial charge in [-0.2, -0.15) is 0 Å². The number of carbonyl (C=O) groups excluding carboxylic acids is 1. The SMILES string of the molecule is COc1cc(OC)cc(N(NS(=O)(=O)c2ccc(C)cc2)C(=O)c2ccccc2)c1. The summed E-state index contributed by atoms with van der Waals surface area (Å²) in [6.45, 7) is 1.86. The normalized spacial score (nSPS) is 11.0. The maximum Gasteiger partial charge on any atom is 0.273 e. The molecule has 0 saturated heterocycles. The number of hydrazine groups is 1. The summed E-state index contributed by atoms with van der Waals surface area (Å²) in [5.41, 5.74) is 1.48. The number of nitrogens with zero attached hydrogens (tertiary/aromatic N) is 1. The van der Waals surface area contributed by atoms with Gasteiger partial charge in [-0.3, -0.25) is 4.79 Å². The lowest BCUT2D eigenvalue weighted by atomic mass is 10.2. The minimum absolute atomic E-state index is 0.0359. The minimum Gasteiger partial charge on any atom is -0.497 e. The van der Waals surface area contributed by atoms with Crippen molar-refractivity contribution in [2.45, 2.75) is 11.8 Å². The molecule has 1 N–H and O–H groups in total. The zero-order chi connectivity index (χ0) is 21.7. The van der Waals surface area contributed by atoms with Crippen LogP contribution in [0.15, 0.2) is 77.7 Å². The Kier molecular flexibility index (Phi) is 6.39. The number of hydrogen-bond donors (Lipinski definition) is 1. The Morgan fingerprint density at radius 2 is 1.43 bits per heavy atom. The van der Waals surface area contributed by atoms with Gasteiger partial charge in [0.05, 0.1) is 24.8 Å². The van der Waals surface area contributed by atoms with Crippen LogP contribution < -0.4 is 19.3 Å². The molecule has 3 aromatic rings. The van der Waals surface area contributed by atoms with E-state index in [4.69, 9.17) is 9.47 Å². The predicted octanol–water partition coefficient (Wildman–Crippen LogP) is 3.55. The summed E-state index contributed by atoms with van der Waals surface area (Å²) in [5, 5.41) is 0.968. The van der Waals surface area contributed by atoms with Crippen molar-refractivity contribution in [3.8, 4) is 11.5 Å². The number of sulfonamides is 1. The van der Waals surface area contributed by atoms with Crippen LogP contribution in [-0.4, -0.2) is 28.5 Å². The lowest BCUT2D eigenvalue weighted by Crippen LogP contribution is -2.46. The molecule has 0 aliphatic carbocycles. The van der Waals surface area contributed by atoms with E-state index in [1.165, 1.54) is 26.4 Å². The van der Waals surface area contributed by atoms with Gasteiger partial charge in [0.25, 0.3) is 15.9 Å². The summed E-state index contributed by atoms with van der Waals surface area (Å²) in [6, 6.07) is 19.4. The second kappa shape index (κ2) is 8.98. The molecule has 3 aromatic carbocycles. The van der Waals surface area contributed by atoms with Gasteiger partial charge in [0, 0.05) is 23.8 Å². The first-order chi connectivity index (χ1) is 14.3. The highest BCUT2D eigenvalue weighted by molar-refractivity contribution is 7.89. The molecule has 0 fully saturated rings. The van der Waals surface area contributed by atoms with E-state index in [0.717, 1.165) is 10.6 Å². The molecule has 3 rings (SSSR count). The molecule has 0 spiro atoms. The highest BCUT2D eigenvalue weighted by Gasteiger charge is 2.26. The first-order valence-electron chi connectivity index (χ1n) is 9.06. The molecule has 1 amide bonds. The van der Waals surface area contributed by atoms with Crippen molar-refractivity contribution < 1.29 is 22.7 Å². The van der Waals surface area contributed by atoms with Gasteiger partial charge < -0.3 is 9.47 Å². The Labute approximate surface area is 175 Å². The third-order valence-electron chi connectivity index (χ3n) is 4.36. The van der Waals surface area contributed by atoms with E-state index in [9.17, 15) is 13.2 Å². The largest absolute Gasteiger partial charge is 0.497 e. The van der Waals surface area contributed by atoms with Gasteiger partial charge in [-0.1, -0.05) is 35.9 Å². The molecule has 7 nitrogen and oxygen atoms in total. The number of anilines is 1. The van der Waals surface area contributed by atoms with E-state index >= 15 is 0 Å². The highest BCUT2D eigenvalue weighted by Crippen LogP contribution is 2.29. The van der Waals surface area contributed by atoms with Gasteiger partial charge in [0.1, 0.15) is 11.5 Å². The Balaban J connectivity index is 2.08. The molecule has 0 aliphatic rings. The van der Waals surface area contributed by atoms with Crippen molar-refractivity contribution in [1.82, 2.24) is 4.83 Å². The van der Waals surface area contributed by atoms with Crippen molar-refractivity contribution in [3.63, 3.8) is 0 Å². The smallest absolute Gasteiger partial charge is 0.273 e. The maximum atomic E-state index is 13.2. The fourth-order valence-electron chi connectivity index (χ4n) is 2.73. The van der Waals surface area contributed by atoms with Crippen molar-refractivity contribution in [2.75, 3.05) is 19.2 Å². The lowest BCUT2D eigenvalue weighted by Gasteiger charge is -2.24. The third-order valence-corrected chi connectivity index (χ3v) is 5.68. The standard InChI is InChI=1S/C22H22N2O5S/c1-16-9-11-21(12-10-16)30(26,27)23-24(22(25)17-7-5-4-6-8-17)18-13-19(28-2)15-20(14-18)29-3/h4-15,23H,1-3H3. The average molecular weight is 426 g/mol. The summed E-state index contributed by atoms with van der Waals surface area (Å²) in [4.78, 5) is 15.7. The number of aryl methyl sites for hydroxylation is 1. The van der Waals surface area contributed by atoms with E-state index in [1.807, 2.05) is 6.92 Å². The number of benzene rings is 3. The van der Waals surface area contributed by atoms with Crippen LogP contribution in [0.2, 0.25) is 0 Å². The number of nitrogens with one attached hydrogen (secondary N) is 1. The molecule has 0 radical (unpaired) electrons. The van der Waals surface area contributed by atoms with E-state index in [-0.39, 0.29) is 10.6 Å². The van der Waals surface area contributed by atoms with Crippen LogP contribution in [0.4, 0.5) is 5.69 Å².